The molecule has 0 aliphatic carbocycles. The molecule has 37 heavy (non-hydrogen) atoms. The van der Waals surface area contributed by atoms with Gasteiger partial charge in [-0.25, -0.2) is 0 Å². The quantitative estimate of drug-likeness (QED) is 0.460. The molecule has 1 aromatic carbocycles. The third-order valence-electron chi connectivity index (χ3n) is 6.75. The molecule has 1 aromatic rings. The van der Waals surface area contributed by atoms with Crippen LogP contribution in [0.25, 0.3) is 0 Å². The summed E-state index contributed by atoms with van der Waals surface area (Å²) >= 11 is 0. The van der Waals surface area contributed by atoms with Gasteiger partial charge in [-0.2, -0.15) is 0 Å². The molecule has 0 bridgehead atoms. The number of likely N-dealkylation sites (N-methyl/N-ethyl adjacent to an activating group) is 1. The Morgan fingerprint density at radius 1 is 1.27 bits per heavy atom. The van der Waals surface area contributed by atoms with E-state index < -0.39 is 6.04 Å². The van der Waals surface area contributed by atoms with Crippen LogP contribution in [0.5, 0.6) is 5.75 Å². The molecule has 3 N–H and O–H groups in total. The molecular formula is C28H48N4O5. The Bertz CT molecular complexity index is 850. The number of aliphatic hydroxyl groups is 1. The molecule has 0 saturated carbocycles. The number of aliphatic hydroxyl groups excluding tert-OH is 1. The molecule has 0 radical (unpaired) electrons. The molecule has 0 spiro atoms. The Labute approximate surface area is 222 Å². The van der Waals surface area contributed by atoms with E-state index in [2.05, 4.69) is 17.6 Å². The Kier molecular flexibility index (Phi) is 13.3. The number of carbonyl (C=O) groups is 2. The van der Waals surface area contributed by atoms with E-state index in [-0.39, 0.29) is 36.5 Å². The predicted octanol–water partition coefficient (Wildman–Crippen LogP) is 2.98. The first-order valence-electron chi connectivity index (χ1n) is 13.6. The lowest BCUT2D eigenvalue weighted by atomic mass is 10.0. The molecule has 0 unspecified atom stereocenters. The van der Waals surface area contributed by atoms with Gasteiger partial charge in [-0.3, -0.25) is 9.59 Å². The zero-order valence-corrected chi connectivity index (χ0v) is 23.6. The molecule has 9 nitrogen and oxygen atoms in total. The number of rotatable bonds is 9. The van der Waals surface area contributed by atoms with Gasteiger partial charge in [0.05, 0.1) is 30.4 Å². The summed E-state index contributed by atoms with van der Waals surface area (Å²) in [7, 11) is 5.85. The standard InChI is InChI=1S/C28H48N4O5/c1-20-18-32(21(2)19-33)28(35)24-16-23(30-27(34)11-9-14-31(5)6)12-13-25(24)37-22(3)10-7-8-15-36-26(20)17-29-4/h12-13,16,20-22,26,29,33H,7-11,14-15,17-19H2,1-6H3,(H,30,34)/t20-,21+,22+,26-/m0/s1. The average molecular weight is 521 g/mol. The van der Waals surface area contributed by atoms with Crippen LogP contribution in [0.1, 0.15) is 63.2 Å². The second-order valence-electron chi connectivity index (χ2n) is 10.5. The summed E-state index contributed by atoms with van der Waals surface area (Å²) in [5.74, 6) is 0.201. The molecule has 4 atom stereocenters. The molecule has 1 aliphatic heterocycles. The lowest BCUT2D eigenvalue weighted by Gasteiger charge is -2.34. The molecule has 9 heteroatoms. The van der Waals surface area contributed by atoms with E-state index in [0.717, 1.165) is 32.2 Å². The van der Waals surface area contributed by atoms with Gasteiger partial charge in [-0.15, -0.1) is 0 Å². The van der Waals surface area contributed by atoms with E-state index in [4.69, 9.17) is 9.47 Å². The maximum absolute atomic E-state index is 14.0. The van der Waals surface area contributed by atoms with Crippen LogP contribution in [0.15, 0.2) is 18.2 Å². The minimum Gasteiger partial charge on any atom is -0.490 e. The molecule has 2 rings (SSSR count). The number of benzene rings is 1. The molecule has 0 aromatic heterocycles. The van der Waals surface area contributed by atoms with Gasteiger partial charge >= 0.3 is 0 Å². The fourth-order valence-electron chi connectivity index (χ4n) is 4.47. The van der Waals surface area contributed by atoms with Crippen molar-refractivity contribution < 1.29 is 24.2 Å². The van der Waals surface area contributed by atoms with Crippen molar-refractivity contribution in [3.63, 3.8) is 0 Å². The van der Waals surface area contributed by atoms with Crippen LogP contribution in [0, 0.1) is 5.92 Å². The number of hydrogen-bond donors (Lipinski definition) is 3. The molecule has 0 fully saturated rings. The SMILES string of the molecule is CNC[C@@H]1OCCCC[C@@H](C)Oc2ccc(NC(=O)CCCN(C)C)cc2C(=O)N([C@H](C)CO)C[C@@H]1C. The minimum absolute atomic E-state index is 0.0382. The zero-order valence-electron chi connectivity index (χ0n) is 23.6. The van der Waals surface area contributed by atoms with Gasteiger partial charge in [0.1, 0.15) is 5.75 Å². The van der Waals surface area contributed by atoms with Gasteiger partial charge in [-0.1, -0.05) is 6.92 Å². The minimum atomic E-state index is -0.396. The van der Waals surface area contributed by atoms with Crippen LogP contribution in [0.4, 0.5) is 5.69 Å². The molecule has 2 amide bonds. The largest absolute Gasteiger partial charge is 0.490 e. The monoisotopic (exact) mass is 520 g/mol. The van der Waals surface area contributed by atoms with Crippen molar-refractivity contribution in [1.82, 2.24) is 15.1 Å². The van der Waals surface area contributed by atoms with Crippen molar-refractivity contribution in [2.45, 2.75) is 71.1 Å². The van der Waals surface area contributed by atoms with Gasteiger partial charge in [0.25, 0.3) is 5.91 Å². The van der Waals surface area contributed by atoms with Crippen molar-refractivity contribution in [2.24, 2.45) is 5.92 Å². The van der Waals surface area contributed by atoms with E-state index in [0.29, 0.717) is 43.1 Å². The van der Waals surface area contributed by atoms with Gasteiger partial charge < -0.3 is 35.0 Å². The Balaban J connectivity index is 2.38. The van der Waals surface area contributed by atoms with Gasteiger partial charge in [0, 0.05) is 37.7 Å². The highest BCUT2D eigenvalue weighted by Gasteiger charge is 2.29. The summed E-state index contributed by atoms with van der Waals surface area (Å²) in [5, 5.41) is 16.1. The molecule has 210 valence electrons. The summed E-state index contributed by atoms with van der Waals surface area (Å²) in [6, 6.07) is 4.85. The number of carbonyl (C=O) groups excluding carboxylic acids is 2. The number of ether oxygens (including phenoxy) is 2. The third kappa shape index (κ3) is 10.2. The third-order valence-corrected chi connectivity index (χ3v) is 6.75. The highest BCUT2D eigenvalue weighted by atomic mass is 16.5. The van der Waals surface area contributed by atoms with E-state index in [1.165, 1.54) is 0 Å². The first-order chi connectivity index (χ1) is 17.7. The van der Waals surface area contributed by atoms with E-state index in [1.54, 1.807) is 23.1 Å². The second kappa shape index (κ2) is 15.9. The maximum Gasteiger partial charge on any atom is 0.258 e. The fourth-order valence-corrected chi connectivity index (χ4v) is 4.47. The van der Waals surface area contributed by atoms with E-state index >= 15 is 0 Å². The van der Waals surface area contributed by atoms with Crippen LogP contribution >= 0.6 is 0 Å². The summed E-state index contributed by atoms with van der Waals surface area (Å²) < 4.78 is 12.4. The molecule has 1 aliphatic rings. The number of nitrogens with zero attached hydrogens (tertiary/aromatic N) is 2. The van der Waals surface area contributed by atoms with E-state index in [1.807, 2.05) is 39.9 Å². The van der Waals surface area contributed by atoms with Gasteiger partial charge in [-0.05, 0) is 85.4 Å². The average Bonchev–Trinajstić information content (AvgIpc) is 2.85. The highest BCUT2D eigenvalue weighted by Crippen LogP contribution is 2.28. The lowest BCUT2D eigenvalue weighted by Crippen LogP contribution is -2.47. The number of anilines is 1. The summed E-state index contributed by atoms with van der Waals surface area (Å²) in [6.45, 7) is 8.32. The van der Waals surface area contributed by atoms with Crippen molar-refractivity contribution in [3.8, 4) is 5.75 Å². The zero-order chi connectivity index (χ0) is 27.4. The van der Waals surface area contributed by atoms with Gasteiger partial charge in [0.15, 0.2) is 0 Å². The summed E-state index contributed by atoms with van der Waals surface area (Å²) in [4.78, 5) is 30.2. The summed E-state index contributed by atoms with van der Waals surface area (Å²) in [6.07, 6.45) is 3.73. The number of amides is 2. The van der Waals surface area contributed by atoms with Crippen molar-refractivity contribution >= 4 is 17.5 Å². The number of hydrogen-bond acceptors (Lipinski definition) is 7. The Morgan fingerprint density at radius 2 is 2.03 bits per heavy atom. The van der Waals surface area contributed by atoms with Crippen molar-refractivity contribution in [2.75, 3.05) is 59.3 Å². The predicted molar refractivity (Wildman–Crippen MR) is 147 cm³/mol. The smallest absolute Gasteiger partial charge is 0.258 e. The molecule has 0 saturated heterocycles. The second-order valence-corrected chi connectivity index (χ2v) is 10.5. The van der Waals surface area contributed by atoms with E-state index in [9.17, 15) is 14.7 Å². The molecule has 1 heterocycles. The first-order valence-corrected chi connectivity index (χ1v) is 13.6. The highest BCUT2D eigenvalue weighted by molar-refractivity contribution is 5.99. The van der Waals surface area contributed by atoms with Gasteiger partial charge in [0.2, 0.25) is 5.91 Å². The van der Waals surface area contributed by atoms with Crippen molar-refractivity contribution in [3.05, 3.63) is 23.8 Å². The fraction of sp³-hybridized carbons (Fsp3) is 0.714. The Hall–Kier alpha value is -2.20. The first kappa shape index (κ1) is 31.0. The molecular weight excluding hydrogens is 472 g/mol. The van der Waals surface area contributed by atoms with Crippen LogP contribution < -0.4 is 15.4 Å². The maximum atomic E-state index is 14.0. The number of nitrogens with one attached hydrogen (secondary N) is 2. The summed E-state index contributed by atoms with van der Waals surface area (Å²) in [5.41, 5.74) is 0.939. The van der Waals surface area contributed by atoms with Crippen molar-refractivity contribution in [1.29, 1.82) is 0 Å². The van der Waals surface area contributed by atoms with Crippen LogP contribution in [-0.2, 0) is 9.53 Å². The van der Waals surface area contributed by atoms with Crippen LogP contribution in [0.2, 0.25) is 0 Å². The number of fused-ring (bicyclic) bond motifs is 1. The Morgan fingerprint density at radius 3 is 2.70 bits per heavy atom. The topological polar surface area (TPSA) is 103 Å². The normalized spacial score (nSPS) is 22.6. The van der Waals surface area contributed by atoms with Crippen LogP contribution in [-0.4, -0.2) is 99.0 Å². The lowest BCUT2D eigenvalue weighted by molar-refractivity contribution is -0.116. The van der Waals surface area contributed by atoms with Crippen LogP contribution in [0.3, 0.4) is 0 Å².